The standard InChI is InChI=1S/C47H32N2O/c1-4-13-33(14-5-1)35-23-27-39(28-24-35)49(41-20-12-19-38(31-41)34-15-6-2-7-16-34)40-29-25-36(26-30-40)44-32-45-46(43-22-11-10-21-42(43)44)50-47(48-45)37-17-8-3-9-18-37/h1-32H. The molecule has 9 rings (SSSR count). The van der Waals surface area contributed by atoms with E-state index in [0.717, 1.165) is 55.6 Å². The van der Waals surface area contributed by atoms with Gasteiger partial charge in [0.2, 0.25) is 5.89 Å². The molecule has 0 atom stereocenters. The number of rotatable bonds is 7. The Balaban J connectivity index is 1.14. The average Bonchev–Trinajstić information content (AvgIpc) is 3.64. The zero-order valence-corrected chi connectivity index (χ0v) is 27.3. The van der Waals surface area contributed by atoms with Crippen LogP contribution in [0, 0.1) is 0 Å². The van der Waals surface area contributed by atoms with Crippen molar-refractivity contribution >= 4 is 38.9 Å². The van der Waals surface area contributed by atoms with Crippen molar-refractivity contribution in [2.75, 3.05) is 4.90 Å². The number of oxazole rings is 1. The lowest BCUT2D eigenvalue weighted by Crippen LogP contribution is -2.10. The van der Waals surface area contributed by atoms with Crippen molar-refractivity contribution in [2.24, 2.45) is 0 Å². The Kier molecular flexibility index (Phi) is 7.49. The number of hydrogen-bond acceptors (Lipinski definition) is 3. The predicted molar refractivity (Wildman–Crippen MR) is 208 cm³/mol. The molecule has 0 N–H and O–H groups in total. The Bertz CT molecular complexity index is 2560. The van der Waals surface area contributed by atoms with Crippen LogP contribution in [0.2, 0.25) is 0 Å². The van der Waals surface area contributed by atoms with Crippen LogP contribution in [0.5, 0.6) is 0 Å². The molecule has 0 spiro atoms. The summed E-state index contributed by atoms with van der Waals surface area (Å²) in [7, 11) is 0. The average molecular weight is 641 g/mol. The zero-order chi connectivity index (χ0) is 33.3. The van der Waals surface area contributed by atoms with Gasteiger partial charge in [-0.05, 0) is 93.4 Å². The first-order valence-electron chi connectivity index (χ1n) is 16.9. The molecule has 0 aliphatic heterocycles. The third kappa shape index (κ3) is 5.51. The van der Waals surface area contributed by atoms with Crippen LogP contribution in [0.1, 0.15) is 0 Å². The van der Waals surface area contributed by atoms with Gasteiger partial charge in [-0.15, -0.1) is 0 Å². The zero-order valence-electron chi connectivity index (χ0n) is 27.3. The van der Waals surface area contributed by atoms with Gasteiger partial charge in [-0.2, -0.15) is 0 Å². The molecule has 1 heterocycles. The number of nitrogens with zero attached hydrogens (tertiary/aromatic N) is 2. The van der Waals surface area contributed by atoms with E-state index in [9.17, 15) is 0 Å². The van der Waals surface area contributed by atoms with Gasteiger partial charge in [-0.1, -0.05) is 140 Å². The van der Waals surface area contributed by atoms with Gasteiger partial charge in [0.15, 0.2) is 5.58 Å². The van der Waals surface area contributed by atoms with Crippen molar-refractivity contribution in [1.82, 2.24) is 4.98 Å². The van der Waals surface area contributed by atoms with Crippen molar-refractivity contribution in [2.45, 2.75) is 0 Å². The van der Waals surface area contributed by atoms with Crippen LogP contribution in [-0.2, 0) is 0 Å². The summed E-state index contributed by atoms with van der Waals surface area (Å²) < 4.78 is 6.37. The van der Waals surface area contributed by atoms with E-state index in [1.165, 1.54) is 22.3 Å². The summed E-state index contributed by atoms with van der Waals surface area (Å²) in [6.45, 7) is 0. The van der Waals surface area contributed by atoms with E-state index in [-0.39, 0.29) is 0 Å². The molecule has 1 aromatic heterocycles. The molecule has 0 saturated carbocycles. The fourth-order valence-electron chi connectivity index (χ4n) is 6.82. The highest BCUT2D eigenvalue weighted by Crippen LogP contribution is 2.41. The van der Waals surface area contributed by atoms with Crippen molar-refractivity contribution in [3.63, 3.8) is 0 Å². The highest BCUT2D eigenvalue weighted by Gasteiger charge is 2.17. The number of aromatic nitrogens is 1. The van der Waals surface area contributed by atoms with Crippen LogP contribution in [0.4, 0.5) is 17.1 Å². The van der Waals surface area contributed by atoms with Crippen LogP contribution in [0.25, 0.3) is 66.7 Å². The van der Waals surface area contributed by atoms with Crippen molar-refractivity contribution in [1.29, 1.82) is 0 Å². The highest BCUT2D eigenvalue weighted by molar-refractivity contribution is 6.11. The first-order chi connectivity index (χ1) is 24.8. The Morgan fingerprint density at radius 1 is 0.360 bits per heavy atom. The third-order valence-corrected chi connectivity index (χ3v) is 9.30. The van der Waals surface area contributed by atoms with Crippen molar-refractivity contribution < 1.29 is 4.42 Å². The molecule has 0 saturated heterocycles. The summed E-state index contributed by atoms with van der Waals surface area (Å²) in [5, 5.41) is 2.18. The summed E-state index contributed by atoms with van der Waals surface area (Å²) in [4.78, 5) is 7.26. The lowest BCUT2D eigenvalue weighted by Gasteiger charge is -2.26. The van der Waals surface area contributed by atoms with Gasteiger partial charge in [0.05, 0.1) is 0 Å². The molecular weight excluding hydrogens is 609 g/mol. The summed E-state index contributed by atoms with van der Waals surface area (Å²) >= 11 is 0. The fourth-order valence-corrected chi connectivity index (χ4v) is 6.82. The van der Waals surface area contributed by atoms with E-state index in [4.69, 9.17) is 9.40 Å². The largest absolute Gasteiger partial charge is 0.435 e. The van der Waals surface area contributed by atoms with Gasteiger partial charge < -0.3 is 9.32 Å². The molecule has 0 amide bonds. The van der Waals surface area contributed by atoms with Gasteiger partial charge in [-0.3, -0.25) is 0 Å². The first kappa shape index (κ1) is 29.4. The van der Waals surface area contributed by atoms with Gasteiger partial charge >= 0.3 is 0 Å². The second kappa shape index (κ2) is 12.7. The molecule has 50 heavy (non-hydrogen) atoms. The number of benzene rings is 8. The molecule has 9 aromatic rings. The quantitative estimate of drug-likeness (QED) is 0.174. The Morgan fingerprint density at radius 3 is 1.50 bits per heavy atom. The topological polar surface area (TPSA) is 29.3 Å². The SMILES string of the molecule is c1ccc(-c2ccc(N(c3ccc(-c4cc5nc(-c6ccccc6)oc5c5ccccc45)cc3)c3cccc(-c4ccccc4)c3)cc2)cc1. The van der Waals surface area contributed by atoms with Crippen LogP contribution in [0.3, 0.4) is 0 Å². The molecule has 0 bridgehead atoms. The predicted octanol–water partition coefficient (Wildman–Crippen LogP) is 13.1. The van der Waals surface area contributed by atoms with Gasteiger partial charge in [0.25, 0.3) is 0 Å². The monoisotopic (exact) mass is 640 g/mol. The van der Waals surface area contributed by atoms with E-state index in [1.807, 2.05) is 30.3 Å². The first-order valence-corrected chi connectivity index (χ1v) is 16.9. The maximum atomic E-state index is 6.37. The van der Waals surface area contributed by atoms with Crippen molar-refractivity contribution in [3.05, 3.63) is 194 Å². The molecule has 0 fully saturated rings. The number of fused-ring (bicyclic) bond motifs is 3. The normalized spacial score (nSPS) is 11.2. The number of anilines is 3. The molecular formula is C47H32N2O. The molecule has 8 aromatic carbocycles. The van der Waals surface area contributed by atoms with E-state index < -0.39 is 0 Å². The molecule has 0 unspecified atom stereocenters. The lowest BCUT2D eigenvalue weighted by molar-refractivity contribution is 0.623. The molecule has 0 aliphatic rings. The van der Waals surface area contributed by atoms with E-state index in [0.29, 0.717) is 5.89 Å². The third-order valence-electron chi connectivity index (χ3n) is 9.30. The Morgan fingerprint density at radius 2 is 0.860 bits per heavy atom. The summed E-state index contributed by atoms with van der Waals surface area (Å²) in [5.41, 5.74) is 12.9. The van der Waals surface area contributed by atoms with Crippen LogP contribution < -0.4 is 4.90 Å². The van der Waals surface area contributed by atoms with Gasteiger partial charge in [0.1, 0.15) is 5.52 Å². The van der Waals surface area contributed by atoms with Crippen LogP contribution in [-0.4, -0.2) is 4.98 Å². The minimum Gasteiger partial charge on any atom is -0.435 e. The molecule has 3 heteroatoms. The van der Waals surface area contributed by atoms with Crippen LogP contribution in [0.15, 0.2) is 199 Å². The van der Waals surface area contributed by atoms with Gasteiger partial charge in [-0.25, -0.2) is 4.98 Å². The van der Waals surface area contributed by atoms with Gasteiger partial charge in [0, 0.05) is 28.0 Å². The summed E-state index contributed by atoms with van der Waals surface area (Å²) in [6, 6.07) is 68.2. The molecule has 3 nitrogen and oxygen atoms in total. The highest BCUT2D eigenvalue weighted by atomic mass is 16.3. The minimum absolute atomic E-state index is 0.630. The molecule has 0 radical (unpaired) electrons. The van der Waals surface area contributed by atoms with E-state index in [2.05, 4.69) is 169 Å². The second-order valence-corrected chi connectivity index (χ2v) is 12.4. The molecule has 0 aliphatic carbocycles. The maximum absolute atomic E-state index is 6.37. The maximum Gasteiger partial charge on any atom is 0.227 e. The van der Waals surface area contributed by atoms with Crippen LogP contribution >= 0.6 is 0 Å². The summed E-state index contributed by atoms with van der Waals surface area (Å²) in [6.07, 6.45) is 0. The summed E-state index contributed by atoms with van der Waals surface area (Å²) in [5.74, 6) is 0.630. The number of hydrogen-bond donors (Lipinski definition) is 0. The van der Waals surface area contributed by atoms with E-state index >= 15 is 0 Å². The van der Waals surface area contributed by atoms with E-state index in [1.54, 1.807) is 0 Å². The fraction of sp³-hybridized carbons (Fsp3) is 0. The minimum atomic E-state index is 0.630. The van der Waals surface area contributed by atoms with Crippen molar-refractivity contribution in [3.8, 4) is 44.8 Å². The Hall–Kier alpha value is -6.71. The Labute approximate surface area is 291 Å². The smallest absolute Gasteiger partial charge is 0.227 e. The lowest BCUT2D eigenvalue weighted by atomic mass is 9.97. The molecule has 236 valence electrons. The second-order valence-electron chi connectivity index (χ2n) is 12.4.